The third-order valence-corrected chi connectivity index (χ3v) is 6.24. The largest absolute Gasteiger partial charge is 0.486 e. The number of hydrogen-bond donors (Lipinski definition) is 1. The molecule has 1 aromatic carbocycles. The molecule has 5 nitrogen and oxygen atoms in total. The van der Waals surface area contributed by atoms with E-state index >= 15 is 0 Å². The summed E-state index contributed by atoms with van der Waals surface area (Å²) in [6.07, 6.45) is 3.05. The van der Waals surface area contributed by atoms with Gasteiger partial charge in [0.1, 0.15) is 13.2 Å². The maximum Gasteiger partial charge on any atom is 0.264 e. The first-order valence-corrected chi connectivity index (χ1v) is 10.6. The zero-order valence-electron chi connectivity index (χ0n) is 16.1. The average molecular weight is 423 g/mol. The van der Waals surface area contributed by atoms with Crippen LogP contribution in [0, 0.1) is 0 Å². The zero-order valence-corrected chi connectivity index (χ0v) is 17.7. The predicted octanol–water partition coefficient (Wildman–Crippen LogP) is 4.21. The van der Waals surface area contributed by atoms with Gasteiger partial charge in [-0.05, 0) is 68.2 Å². The van der Waals surface area contributed by atoms with Crippen LogP contribution in [0.3, 0.4) is 0 Å². The lowest BCUT2D eigenvalue weighted by molar-refractivity contribution is 0.0647. The molecule has 2 aliphatic rings. The Balaban J connectivity index is 0.00000225. The molecule has 1 fully saturated rings. The number of piperidine rings is 1. The minimum absolute atomic E-state index is 0. The molecule has 0 radical (unpaired) electrons. The van der Waals surface area contributed by atoms with Crippen LogP contribution in [0.5, 0.6) is 11.5 Å². The highest BCUT2D eigenvalue weighted by Crippen LogP contribution is 2.37. The molecule has 0 spiro atoms. The Kier molecular flexibility index (Phi) is 7.21. The van der Waals surface area contributed by atoms with E-state index in [1.807, 2.05) is 30.3 Å². The Hall–Kier alpha value is -1.76. The number of benzene rings is 1. The van der Waals surface area contributed by atoms with Gasteiger partial charge in [-0.1, -0.05) is 6.92 Å². The summed E-state index contributed by atoms with van der Waals surface area (Å²) in [6.45, 7) is 6.11. The molecular weight excluding hydrogens is 396 g/mol. The fraction of sp³-hybridized carbons (Fsp3) is 0.476. The highest BCUT2D eigenvalue weighted by Gasteiger charge is 2.26. The number of fused-ring (bicyclic) bond motifs is 1. The minimum atomic E-state index is 0. The van der Waals surface area contributed by atoms with E-state index in [0.717, 1.165) is 65.7 Å². The van der Waals surface area contributed by atoms with E-state index in [-0.39, 0.29) is 18.3 Å². The monoisotopic (exact) mass is 422 g/mol. The van der Waals surface area contributed by atoms with Crippen molar-refractivity contribution in [2.75, 3.05) is 32.8 Å². The molecule has 1 N–H and O–H groups in total. The van der Waals surface area contributed by atoms with Crippen LogP contribution in [0.15, 0.2) is 30.3 Å². The van der Waals surface area contributed by atoms with Gasteiger partial charge in [-0.3, -0.25) is 4.79 Å². The Morgan fingerprint density at radius 1 is 1.14 bits per heavy atom. The second kappa shape index (κ2) is 9.63. The molecule has 0 unspecified atom stereocenters. The molecule has 152 valence electrons. The van der Waals surface area contributed by atoms with Crippen molar-refractivity contribution in [3.05, 3.63) is 35.2 Å². The van der Waals surface area contributed by atoms with Gasteiger partial charge in [0, 0.05) is 17.5 Å². The molecule has 7 heteroatoms. The highest BCUT2D eigenvalue weighted by atomic mass is 35.5. The van der Waals surface area contributed by atoms with Crippen molar-refractivity contribution in [1.29, 1.82) is 0 Å². The minimum Gasteiger partial charge on any atom is -0.486 e. The fourth-order valence-corrected chi connectivity index (χ4v) is 4.71. The van der Waals surface area contributed by atoms with E-state index < -0.39 is 0 Å². The van der Waals surface area contributed by atoms with Crippen LogP contribution >= 0.6 is 23.7 Å². The molecule has 4 rings (SSSR count). The standard InChI is InChI=1S/C21H26N2O3S.ClH/c1-2-11-23(16-7-9-22-10-8-16)21(24)20-6-5-19(27-20)15-3-4-17-18(14-15)26-13-12-25-17;/h3-6,14,16,22H,2,7-13H2,1H3;1H. The van der Waals surface area contributed by atoms with Crippen molar-refractivity contribution in [3.8, 4) is 21.9 Å². The Morgan fingerprint density at radius 3 is 2.64 bits per heavy atom. The lowest BCUT2D eigenvalue weighted by atomic mass is 10.0. The van der Waals surface area contributed by atoms with Gasteiger partial charge in [0.15, 0.2) is 11.5 Å². The van der Waals surface area contributed by atoms with Gasteiger partial charge in [0.2, 0.25) is 0 Å². The molecule has 0 saturated carbocycles. The third-order valence-electron chi connectivity index (χ3n) is 5.12. The van der Waals surface area contributed by atoms with E-state index in [4.69, 9.17) is 9.47 Å². The molecule has 28 heavy (non-hydrogen) atoms. The number of carbonyl (C=O) groups is 1. The number of ether oxygens (including phenoxy) is 2. The molecule has 0 aliphatic carbocycles. The number of nitrogens with one attached hydrogen (secondary N) is 1. The van der Waals surface area contributed by atoms with E-state index in [1.54, 1.807) is 11.3 Å². The number of halogens is 1. The van der Waals surface area contributed by atoms with Gasteiger partial charge in [-0.25, -0.2) is 0 Å². The lowest BCUT2D eigenvalue weighted by Crippen LogP contribution is -2.46. The van der Waals surface area contributed by atoms with Gasteiger partial charge in [-0.2, -0.15) is 0 Å². The van der Waals surface area contributed by atoms with Crippen LogP contribution in [0.25, 0.3) is 10.4 Å². The first-order chi connectivity index (χ1) is 13.3. The Bertz CT molecular complexity index is 805. The van der Waals surface area contributed by atoms with Gasteiger partial charge in [0.25, 0.3) is 5.91 Å². The quantitative estimate of drug-likeness (QED) is 0.784. The second-order valence-electron chi connectivity index (χ2n) is 7.00. The lowest BCUT2D eigenvalue weighted by Gasteiger charge is -2.34. The Morgan fingerprint density at radius 2 is 1.89 bits per heavy atom. The summed E-state index contributed by atoms with van der Waals surface area (Å²) in [6, 6.07) is 10.3. The summed E-state index contributed by atoms with van der Waals surface area (Å²) in [5.74, 6) is 1.73. The number of rotatable bonds is 5. The number of amides is 1. The SMILES string of the molecule is CCCN(C(=O)c1ccc(-c2ccc3c(c2)OCCO3)s1)C1CCNCC1.Cl. The van der Waals surface area contributed by atoms with Crippen molar-refractivity contribution >= 4 is 29.7 Å². The maximum absolute atomic E-state index is 13.2. The number of hydrogen-bond acceptors (Lipinski definition) is 5. The van der Waals surface area contributed by atoms with Crippen LogP contribution in [0.4, 0.5) is 0 Å². The maximum atomic E-state index is 13.2. The number of nitrogens with zero attached hydrogens (tertiary/aromatic N) is 1. The van der Waals surface area contributed by atoms with Gasteiger partial charge in [-0.15, -0.1) is 23.7 Å². The van der Waals surface area contributed by atoms with Crippen molar-refractivity contribution in [2.45, 2.75) is 32.2 Å². The second-order valence-corrected chi connectivity index (χ2v) is 8.09. The molecule has 1 saturated heterocycles. The smallest absolute Gasteiger partial charge is 0.264 e. The summed E-state index contributed by atoms with van der Waals surface area (Å²) in [5.41, 5.74) is 1.06. The molecule has 1 aromatic heterocycles. The normalized spacial score (nSPS) is 16.3. The predicted molar refractivity (Wildman–Crippen MR) is 115 cm³/mol. The van der Waals surface area contributed by atoms with Crippen LogP contribution in [-0.4, -0.2) is 49.7 Å². The van der Waals surface area contributed by atoms with Crippen LogP contribution in [0.2, 0.25) is 0 Å². The van der Waals surface area contributed by atoms with Crippen molar-refractivity contribution in [2.24, 2.45) is 0 Å². The molecule has 2 aliphatic heterocycles. The molecule has 0 atom stereocenters. The molecule has 0 bridgehead atoms. The average Bonchev–Trinajstić information content (AvgIpc) is 3.22. The van der Waals surface area contributed by atoms with Gasteiger partial charge in [0.05, 0.1) is 4.88 Å². The fourth-order valence-electron chi connectivity index (χ4n) is 3.76. The highest BCUT2D eigenvalue weighted by molar-refractivity contribution is 7.17. The summed E-state index contributed by atoms with van der Waals surface area (Å²) in [4.78, 5) is 17.2. The molecule has 3 heterocycles. The van der Waals surface area contributed by atoms with Gasteiger partial charge < -0.3 is 19.7 Å². The van der Waals surface area contributed by atoms with Crippen molar-refractivity contribution in [3.63, 3.8) is 0 Å². The van der Waals surface area contributed by atoms with Crippen molar-refractivity contribution in [1.82, 2.24) is 10.2 Å². The van der Waals surface area contributed by atoms with Crippen LogP contribution in [-0.2, 0) is 0 Å². The van der Waals surface area contributed by atoms with Gasteiger partial charge >= 0.3 is 0 Å². The number of carbonyl (C=O) groups excluding carboxylic acids is 1. The summed E-state index contributed by atoms with van der Waals surface area (Å²) < 4.78 is 11.3. The van der Waals surface area contributed by atoms with Crippen molar-refractivity contribution < 1.29 is 14.3 Å². The van der Waals surface area contributed by atoms with E-state index in [2.05, 4.69) is 17.1 Å². The molecule has 1 amide bonds. The summed E-state index contributed by atoms with van der Waals surface area (Å²) in [5, 5.41) is 3.38. The first-order valence-electron chi connectivity index (χ1n) is 9.78. The summed E-state index contributed by atoms with van der Waals surface area (Å²) >= 11 is 1.56. The van der Waals surface area contributed by atoms with Crippen LogP contribution in [0.1, 0.15) is 35.9 Å². The summed E-state index contributed by atoms with van der Waals surface area (Å²) in [7, 11) is 0. The molecule has 2 aromatic rings. The topological polar surface area (TPSA) is 50.8 Å². The van der Waals surface area contributed by atoms with E-state index in [9.17, 15) is 4.79 Å². The molecular formula is C21H27ClN2O3S. The zero-order chi connectivity index (χ0) is 18.6. The number of thiophene rings is 1. The van der Waals surface area contributed by atoms with Crippen LogP contribution < -0.4 is 14.8 Å². The Labute approximate surface area is 176 Å². The van der Waals surface area contributed by atoms with E-state index in [0.29, 0.717) is 19.3 Å². The first kappa shape index (κ1) is 21.0. The van der Waals surface area contributed by atoms with E-state index in [1.165, 1.54) is 0 Å². The third kappa shape index (κ3) is 4.45.